The first-order valence-electron chi connectivity index (χ1n) is 4.98. The summed E-state index contributed by atoms with van der Waals surface area (Å²) in [6, 6.07) is 4.66. The van der Waals surface area contributed by atoms with Gasteiger partial charge < -0.3 is 5.32 Å². The largest absolute Gasteiger partial charge is 0.322 e. The van der Waals surface area contributed by atoms with Crippen molar-refractivity contribution in [1.29, 1.82) is 0 Å². The molecule has 0 radical (unpaired) electrons. The average Bonchev–Trinajstić information content (AvgIpc) is 2.73. The van der Waals surface area contributed by atoms with E-state index in [1.165, 1.54) is 17.4 Å². The Morgan fingerprint density at radius 3 is 2.67 bits per heavy atom. The van der Waals surface area contributed by atoms with Gasteiger partial charge in [0.05, 0.1) is 13.8 Å². The summed E-state index contributed by atoms with van der Waals surface area (Å²) in [6.07, 6.45) is 0. The van der Waals surface area contributed by atoms with Crippen LogP contribution in [0.15, 0.2) is 31.8 Å². The summed E-state index contributed by atoms with van der Waals surface area (Å²) in [7, 11) is 0. The predicted octanol–water partition coefficient (Wildman–Crippen LogP) is 4.97. The number of carbonyl (C=O) groups excluding carboxylic acids is 1. The van der Waals surface area contributed by atoms with Gasteiger partial charge in [-0.25, -0.2) is 4.39 Å². The van der Waals surface area contributed by atoms with Gasteiger partial charge in [-0.1, -0.05) is 0 Å². The first-order chi connectivity index (χ1) is 8.47. The minimum atomic E-state index is -0.401. The van der Waals surface area contributed by atoms with Crippen molar-refractivity contribution in [3.63, 3.8) is 0 Å². The van der Waals surface area contributed by atoms with Crippen LogP contribution in [0.25, 0.3) is 0 Å². The van der Waals surface area contributed by atoms with E-state index in [1.807, 2.05) is 6.92 Å². The maximum Gasteiger partial charge on any atom is 0.256 e. The highest BCUT2D eigenvalue weighted by molar-refractivity contribution is 9.11. The fraction of sp³-hybridized carbons (Fsp3) is 0.0833. The summed E-state index contributed by atoms with van der Waals surface area (Å²) < 4.78 is 14.7. The van der Waals surface area contributed by atoms with Crippen molar-refractivity contribution in [2.24, 2.45) is 0 Å². The highest BCUT2D eigenvalue weighted by atomic mass is 79.9. The molecule has 0 bridgehead atoms. The first-order valence-corrected chi connectivity index (χ1v) is 7.45. The molecule has 0 saturated carbocycles. The Morgan fingerprint density at radius 1 is 1.33 bits per heavy atom. The molecule has 1 aromatic carbocycles. The average molecular weight is 393 g/mol. The number of anilines is 1. The van der Waals surface area contributed by atoms with E-state index in [9.17, 15) is 9.18 Å². The van der Waals surface area contributed by atoms with Crippen LogP contribution in [0.1, 0.15) is 15.9 Å². The molecule has 0 saturated heterocycles. The smallest absolute Gasteiger partial charge is 0.256 e. The Kier molecular flexibility index (Phi) is 4.19. The van der Waals surface area contributed by atoms with Crippen molar-refractivity contribution >= 4 is 54.8 Å². The molecule has 1 amide bonds. The third kappa shape index (κ3) is 2.99. The minimum absolute atomic E-state index is 0.248. The Hall–Kier alpha value is -0.720. The lowest BCUT2D eigenvalue weighted by molar-refractivity contribution is 0.102. The van der Waals surface area contributed by atoms with Crippen molar-refractivity contribution in [2.75, 3.05) is 5.32 Å². The molecule has 1 heterocycles. The molecule has 0 fully saturated rings. The van der Waals surface area contributed by atoms with E-state index in [2.05, 4.69) is 37.2 Å². The number of aryl methyl sites for hydroxylation is 1. The molecular formula is C12H8Br2FNOS. The lowest BCUT2D eigenvalue weighted by Gasteiger charge is -2.08. The molecule has 1 N–H and O–H groups in total. The van der Waals surface area contributed by atoms with Crippen LogP contribution < -0.4 is 5.32 Å². The number of hydrogen-bond acceptors (Lipinski definition) is 2. The number of benzene rings is 1. The Morgan fingerprint density at radius 2 is 2.06 bits per heavy atom. The molecule has 94 valence electrons. The van der Waals surface area contributed by atoms with Crippen molar-refractivity contribution in [2.45, 2.75) is 6.92 Å². The number of amides is 1. The SMILES string of the molecule is Cc1cc(Br)c(F)cc1NC(=O)c1csc(Br)c1. The third-order valence-electron chi connectivity index (χ3n) is 2.35. The van der Waals surface area contributed by atoms with E-state index in [0.29, 0.717) is 15.7 Å². The molecule has 0 aliphatic heterocycles. The molecule has 0 unspecified atom stereocenters. The second kappa shape index (κ2) is 5.50. The van der Waals surface area contributed by atoms with Gasteiger partial charge in [-0.15, -0.1) is 11.3 Å². The molecule has 2 rings (SSSR count). The second-order valence-corrected chi connectivity index (χ2v) is 6.82. The molecule has 0 atom stereocenters. The minimum Gasteiger partial charge on any atom is -0.322 e. The van der Waals surface area contributed by atoms with Gasteiger partial charge in [0, 0.05) is 11.1 Å². The van der Waals surface area contributed by atoms with Gasteiger partial charge in [-0.3, -0.25) is 4.79 Å². The Bertz CT molecular complexity index is 612. The van der Waals surface area contributed by atoms with Crippen LogP contribution in [0.3, 0.4) is 0 Å². The number of thiophene rings is 1. The van der Waals surface area contributed by atoms with Gasteiger partial charge in [-0.2, -0.15) is 0 Å². The Labute approximate surface area is 124 Å². The molecule has 2 nitrogen and oxygen atoms in total. The molecule has 1 aromatic heterocycles. The highest BCUT2D eigenvalue weighted by Crippen LogP contribution is 2.25. The second-order valence-electron chi connectivity index (χ2n) is 3.67. The van der Waals surface area contributed by atoms with Gasteiger partial charge in [0.25, 0.3) is 5.91 Å². The molecule has 0 aliphatic rings. The van der Waals surface area contributed by atoms with Crippen LogP contribution in [0, 0.1) is 12.7 Å². The zero-order valence-corrected chi connectivity index (χ0v) is 13.2. The van der Waals surface area contributed by atoms with Crippen LogP contribution in [0.2, 0.25) is 0 Å². The van der Waals surface area contributed by atoms with Crippen LogP contribution in [-0.2, 0) is 0 Å². The fourth-order valence-electron chi connectivity index (χ4n) is 1.40. The number of hydrogen-bond donors (Lipinski definition) is 1. The fourth-order valence-corrected chi connectivity index (χ4v) is 3.00. The Balaban J connectivity index is 2.24. The molecule has 2 aromatic rings. The van der Waals surface area contributed by atoms with Crippen molar-refractivity contribution < 1.29 is 9.18 Å². The predicted molar refractivity (Wildman–Crippen MR) is 78.8 cm³/mol. The molecule has 0 spiro atoms. The summed E-state index contributed by atoms with van der Waals surface area (Å²) in [5.74, 6) is -0.649. The normalized spacial score (nSPS) is 10.4. The van der Waals surface area contributed by atoms with E-state index in [1.54, 1.807) is 17.5 Å². The van der Waals surface area contributed by atoms with Gasteiger partial charge in [0.1, 0.15) is 5.82 Å². The summed E-state index contributed by atoms with van der Waals surface area (Å²) >= 11 is 7.82. The van der Waals surface area contributed by atoms with Crippen molar-refractivity contribution in [3.8, 4) is 0 Å². The van der Waals surface area contributed by atoms with Gasteiger partial charge >= 0.3 is 0 Å². The third-order valence-corrected chi connectivity index (χ3v) is 4.46. The summed E-state index contributed by atoms with van der Waals surface area (Å²) in [6.45, 7) is 1.81. The maximum absolute atomic E-state index is 13.4. The number of carbonyl (C=O) groups is 1. The van der Waals surface area contributed by atoms with Crippen LogP contribution in [-0.4, -0.2) is 5.91 Å². The summed E-state index contributed by atoms with van der Waals surface area (Å²) in [5, 5.41) is 4.43. The van der Waals surface area contributed by atoms with Gasteiger partial charge in [-0.05, 0) is 62.5 Å². The molecule has 18 heavy (non-hydrogen) atoms. The van der Waals surface area contributed by atoms with Crippen LogP contribution in [0.4, 0.5) is 10.1 Å². The topological polar surface area (TPSA) is 29.1 Å². The number of halogens is 3. The van der Waals surface area contributed by atoms with E-state index in [4.69, 9.17) is 0 Å². The quantitative estimate of drug-likeness (QED) is 0.767. The molecule has 0 aliphatic carbocycles. The lowest BCUT2D eigenvalue weighted by Crippen LogP contribution is -2.12. The van der Waals surface area contributed by atoms with E-state index < -0.39 is 5.82 Å². The van der Waals surface area contributed by atoms with Crippen molar-refractivity contribution in [3.05, 3.63) is 48.8 Å². The number of rotatable bonds is 2. The van der Waals surface area contributed by atoms with Gasteiger partial charge in [0.15, 0.2) is 0 Å². The van der Waals surface area contributed by atoms with Crippen molar-refractivity contribution in [1.82, 2.24) is 0 Å². The first kappa shape index (κ1) is 13.7. The molecule has 6 heteroatoms. The van der Waals surface area contributed by atoms with Crippen LogP contribution >= 0.6 is 43.2 Å². The summed E-state index contributed by atoms with van der Waals surface area (Å²) in [5.41, 5.74) is 1.82. The van der Waals surface area contributed by atoms with Crippen LogP contribution in [0.5, 0.6) is 0 Å². The zero-order chi connectivity index (χ0) is 13.3. The molecular weight excluding hydrogens is 385 g/mol. The monoisotopic (exact) mass is 391 g/mol. The number of nitrogens with one attached hydrogen (secondary N) is 1. The van der Waals surface area contributed by atoms with E-state index in [0.717, 1.165) is 9.35 Å². The maximum atomic E-state index is 13.4. The summed E-state index contributed by atoms with van der Waals surface area (Å²) in [4.78, 5) is 11.9. The van der Waals surface area contributed by atoms with E-state index in [-0.39, 0.29) is 5.91 Å². The standard InChI is InChI=1S/C12H8Br2FNOS/c1-6-2-8(13)9(15)4-10(6)16-12(17)7-3-11(14)18-5-7/h2-5H,1H3,(H,16,17). The lowest BCUT2D eigenvalue weighted by atomic mass is 10.2. The zero-order valence-electron chi connectivity index (χ0n) is 9.26. The highest BCUT2D eigenvalue weighted by Gasteiger charge is 2.11. The van der Waals surface area contributed by atoms with Gasteiger partial charge in [0.2, 0.25) is 0 Å². The van der Waals surface area contributed by atoms with E-state index >= 15 is 0 Å².